The number of piperidine rings is 1. The van der Waals surface area contributed by atoms with Crippen LogP contribution in [0.3, 0.4) is 0 Å². The van der Waals surface area contributed by atoms with E-state index in [0.717, 1.165) is 24.6 Å². The Balaban J connectivity index is 1.99. The van der Waals surface area contributed by atoms with Gasteiger partial charge in [-0.3, -0.25) is 0 Å². The van der Waals surface area contributed by atoms with Gasteiger partial charge in [-0.15, -0.1) is 10.2 Å². The number of nitrogens with zero attached hydrogens (tertiary/aromatic N) is 3. The first kappa shape index (κ1) is 11.0. The molecule has 1 atom stereocenters. The molecule has 1 N–H and O–H groups in total. The van der Waals surface area contributed by atoms with E-state index in [4.69, 9.17) is 0 Å². The van der Waals surface area contributed by atoms with Gasteiger partial charge >= 0.3 is 0 Å². The van der Waals surface area contributed by atoms with Crippen molar-refractivity contribution in [2.45, 2.75) is 25.3 Å². The van der Waals surface area contributed by atoms with Crippen molar-refractivity contribution < 1.29 is 0 Å². The van der Waals surface area contributed by atoms with Crippen LogP contribution in [0.2, 0.25) is 0 Å². The Kier molecular flexibility index (Phi) is 3.66. The van der Waals surface area contributed by atoms with Crippen LogP contribution in [0.4, 0.5) is 0 Å². The highest BCUT2D eigenvalue weighted by Gasteiger charge is 2.19. The van der Waals surface area contributed by atoms with E-state index in [0.29, 0.717) is 5.92 Å². The van der Waals surface area contributed by atoms with Gasteiger partial charge in [-0.25, -0.2) is 0 Å². The molecule has 0 aliphatic carbocycles. The van der Waals surface area contributed by atoms with Crippen molar-refractivity contribution in [1.29, 1.82) is 0 Å². The Labute approximate surface area is 94.7 Å². The predicted molar refractivity (Wildman–Crippen MR) is 62.1 cm³/mol. The zero-order valence-electron chi connectivity index (χ0n) is 9.36. The molecule has 1 aliphatic heterocycles. The second-order valence-electron chi connectivity index (χ2n) is 4.32. The quantitative estimate of drug-likeness (QED) is 0.837. The molecule has 1 aliphatic rings. The van der Waals surface area contributed by atoms with Crippen molar-refractivity contribution >= 4 is 11.3 Å². The van der Waals surface area contributed by atoms with E-state index >= 15 is 0 Å². The van der Waals surface area contributed by atoms with Crippen LogP contribution in [0.1, 0.15) is 28.8 Å². The molecule has 1 aromatic heterocycles. The van der Waals surface area contributed by atoms with Crippen molar-refractivity contribution in [2.75, 3.05) is 27.2 Å². The van der Waals surface area contributed by atoms with Crippen molar-refractivity contribution in [3.63, 3.8) is 0 Å². The minimum absolute atomic E-state index is 0.590. The normalized spacial score (nSPS) is 22.2. The topological polar surface area (TPSA) is 41.1 Å². The van der Waals surface area contributed by atoms with Crippen LogP contribution in [-0.4, -0.2) is 42.3 Å². The molecule has 1 aromatic rings. The van der Waals surface area contributed by atoms with Gasteiger partial charge in [-0.1, -0.05) is 11.3 Å². The maximum Gasteiger partial charge on any atom is 0.131 e. The standard InChI is InChI=1S/C10H18N4S/c1-14(2)7-9-12-13-10(15-9)8-4-3-5-11-6-8/h8,11H,3-7H2,1-2H3. The zero-order valence-corrected chi connectivity index (χ0v) is 10.2. The molecule has 0 saturated carbocycles. The average molecular weight is 226 g/mol. The molecule has 0 bridgehead atoms. The summed E-state index contributed by atoms with van der Waals surface area (Å²) in [5.41, 5.74) is 0. The van der Waals surface area contributed by atoms with E-state index < -0.39 is 0 Å². The van der Waals surface area contributed by atoms with Crippen LogP contribution in [-0.2, 0) is 6.54 Å². The lowest BCUT2D eigenvalue weighted by atomic mass is 10.0. The van der Waals surface area contributed by atoms with Gasteiger partial charge in [0.1, 0.15) is 10.0 Å². The molecule has 0 aromatic carbocycles. The SMILES string of the molecule is CN(C)Cc1nnc(C2CCCNC2)s1. The van der Waals surface area contributed by atoms with Crippen LogP contribution < -0.4 is 5.32 Å². The van der Waals surface area contributed by atoms with Gasteiger partial charge in [0.2, 0.25) is 0 Å². The summed E-state index contributed by atoms with van der Waals surface area (Å²) in [5, 5.41) is 14.3. The summed E-state index contributed by atoms with van der Waals surface area (Å²) >= 11 is 1.76. The molecule has 0 spiro atoms. The highest BCUT2D eigenvalue weighted by Crippen LogP contribution is 2.26. The third kappa shape index (κ3) is 2.96. The molecule has 2 rings (SSSR count). The molecule has 2 heterocycles. The fraction of sp³-hybridized carbons (Fsp3) is 0.800. The second kappa shape index (κ2) is 5.01. The summed E-state index contributed by atoms with van der Waals surface area (Å²) in [6.07, 6.45) is 2.51. The first-order valence-electron chi connectivity index (χ1n) is 5.43. The Bertz CT molecular complexity index is 304. The van der Waals surface area contributed by atoms with Crippen LogP contribution >= 0.6 is 11.3 Å². The molecular weight excluding hydrogens is 208 g/mol. The van der Waals surface area contributed by atoms with Crippen molar-refractivity contribution in [3.8, 4) is 0 Å². The molecule has 5 heteroatoms. The number of nitrogens with one attached hydrogen (secondary N) is 1. The summed E-state index contributed by atoms with van der Waals surface area (Å²) in [7, 11) is 4.12. The predicted octanol–water partition coefficient (Wildman–Crippen LogP) is 1.07. The Hall–Kier alpha value is -0.520. The third-order valence-corrected chi connectivity index (χ3v) is 3.65. The maximum atomic E-state index is 4.29. The van der Waals surface area contributed by atoms with Crippen molar-refractivity contribution in [2.24, 2.45) is 0 Å². The molecule has 4 nitrogen and oxygen atoms in total. The lowest BCUT2D eigenvalue weighted by molar-refractivity contribution is 0.400. The van der Waals surface area contributed by atoms with Crippen molar-refractivity contribution in [1.82, 2.24) is 20.4 Å². The molecule has 1 fully saturated rings. The van der Waals surface area contributed by atoms with Gasteiger partial charge in [0, 0.05) is 12.5 Å². The lowest BCUT2D eigenvalue weighted by Crippen LogP contribution is -2.28. The Morgan fingerprint density at radius 1 is 1.47 bits per heavy atom. The largest absolute Gasteiger partial charge is 0.316 e. The smallest absolute Gasteiger partial charge is 0.131 e. The van der Waals surface area contributed by atoms with E-state index in [1.165, 1.54) is 17.8 Å². The highest BCUT2D eigenvalue weighted by atomic mass is 32.1. The average Bonchev–Trinajstić information content (AvgIpc) is 2.67. The van der Waals surface area contributed by atoms with E-state index in [9.17, 15) is 0 Å². The van der Waals surface area contributed by atoms with Gasteiger partial charge < -0.3 is 10.2 Å². The number of hydrogen-bond acceptors (Lipinski definition) is 5. The minimum atomic E-state index is 0.590. The summed E-state index contributed by atoms with van der Waals surface area (Å²) in [4.78, 5) is 2.13. The fourth-order valence-corrected chi connectivity index (χ4v) is 2.92. The number of hydrogen-bond donors (Lipinski definition) is 1. The van der Waals surface area contributed by atoms with E-state index in [2.05, 4.69) is 34.5 Å². The maximum absolute atomic E-state index is 4.29. The summed E-state index contributed by atoms with van der Waals surface area (Å²) < 4.78 is 0. The van der Waals surface area contributed by atoms with Gasteiger partial charge in [0.05, 0.1) is 6.54 Å². The monoisotopic (exact) mass is 226 g/mol. The number of rotatable bonds is 3. The fourth-order valence-electron chi connectivity index (χ4n) is 1.83. The number of aromatic nitrogens is 2. The highest BCUT2D eigenvalue weighted by molar-refractivity contribution is 7.11. The first-order valence-corrected chi connectivity index (χ1v) is 6.25. The summed E-state index contributed by atoms with van der Waals surface area (Å²) in [6.45, 7) is 3.12. The van der Waals surface area contributed by atoms with Gasteiger partial charge in [-0.05, 0) is 33.5 Å². The molecule has 0 radical (unpaired) electrons. The lowest BCUT2D eigenvalue weighted by Gasteiger charge is -2.19. The first-order chi connectivity index (χ1) is 7.25. The Morgan fingerprint density at radius 2 is 2.33 bits per heavy atom. The summed E-state index contributed by atoms with van der Waals surface area (Å²) in [5.74, 6) is 0.590. The second-order valence-corrected chi connectivity index (χ2v) is 5.41. The molecule has 84 valence electrons. The summed E-state index contributed by atoms with van der Waals surface area (Å²) in [6, 6.07) is 0. The molecular formula is C10H18N4S. The molecule has 1 saturated heterocycles. The van der Waals surface area contributed by atoms with Gasteiger partial charge in [-0.2, -0.15) is 0 Å². The molecule has 0 amide bonds. The third-order valence-electron chi connectivity index (χ3n) is 2.58. The minimum Gasteiger partial charge on any atom is -0.316 e. The van der Waals surface area contributed by atoms with Gasteiger partial charge in [0.25, 0.3) is 0 Å². The van der Waals surface area contributed by atoms with Gasteiger partial charge in [0.15, 0.2) is 0 Å². The molecule has 1 unspecified atom stereocenters. The van der Waals surface area contributed by atoms with Crippen molar-refractivity contribution in [3.05, 3.63) is 10.0 Å². The van der Waals surface area contributed by atoms with E-state index in [-0.39, 0.29) is 0 Å². The zero-order chi connectivity index (χ0) is 10.7. The van der Waals surface area contributed by atoms with E-state index in [1.807, 2.05) is 0 Å². The van der Waals surface area contributed by atoms with E-state index in [1.54, 1.807) is 11.3 Å². The van der Waals surface area contributed by atoms with Crippen LogP contribution in [0.25, 0.3) is 0 Å². The van der Waals surface area contributed by atoms with Crippen LogP contribution in [0.15, 0.2) is 0 Å². The van der Waals surface area contributed by atoms with Crippen LogP contribution in [0.5, 0.6) is 0 Å². The van der Waals surface area contributed by atoms with Crippen LogP contribution in [0, 0.1) is 0 Å². The Morgan fingerprint density at radius 3 is 3.00 bits per heavy atom. The molecule has 15 heavy (non-hydrogen) atoms.